The monoisotopic (exact) mass is 506 g/mol. The van der Waals surface area contributed by atoms with Gasteiger partial charge < -0.3 is 14.8 Å². The Balaban J connectivity index is 2.31. The molecule has 7 heteroatoms. The van der Waals surface area contributed by atoms with Gasteiger partial charge in [0, 0.05) is 15.7 Å². The molecule has 146 valence electrons. The van der Waals surface area contributed by atoms with E-state index in [1.54, 1.807) is 37.4 Å². The lowest BCUT2D eigenvalue weighted by Gasteiger charge is -2.14. The van der Waals surface area contributed by atoms with Crippen molar-refractivity contribution >= 4 is 49.5 Å². The summed E-state index contributed by atoms with van der Waals surface area (Å²) in [5, 5.41) is 12.2. The largest absolute Gasteiger partial charge is 0.497 e. The zero-order valence-corrected chi connectivity index (χ0v) is 18.9. The van der Waals surface area contributed by atoms with Gasteiger partial charge in [0.1, 0.15) is 23.1 Å². The smallest absolute Gasteiger partial charge is 0.266 e. The topological polar surface area (TPSA) is 71.3 Å². The Hall–Kier alpha value is -2.30. The third kappa shape index (κ3) is 6.11. The van der Waals surface area contributed by atoms with Crippen LogP contribution in [0.3, 0.4) is 0 Å². The lowest BCUT2D eigenvalue weighted by atomic mass is 10.1. The molecule has 0 aromatic heterocycles. The zero-order valence-electron chi connectivity index (χ0n) is 15.8. The number of nitriles is 1. The van der Waals surface area contributed by atoms with Crippen LogP contribution in [0.4, 0.5) is 5.69 Å². The quantitative estimate of drug-likeness (QED) is 0.379. The van der Waals surface area contributed by atoms with Crippen LogP contribution >= 0.6 is 31.9 Å². The Morgan fingerprint density at radius 3 is 2.50 bits per heavy atom. The summed E-state index contributed by atoms with van der Waals surface area (Å²) >= 11 is 6.92. The van der Waals surface area contributed by atoms with Crippen LogP contribution in [0, 0.1) is 17.2 Å². The molecule has 1 amide bonds. The predicted molar refractivity (Wildman–Crippen MR) is 117 cm³/mol. The Labute approximate surface area is 181 Å². The Kier molecular flexibility index (Phi) is 8.09. The molecule has 0 unspecified atom stereocenters. The fourth-order valence-electron chi connectivity index (χ4n) is 2.27. The number of anilines is 1. The van der Waals surface area contributed by atoms with Crippen molar-refractivity contribution in [1.82, 2.24) is 0 Å². The molecule has 0 aliphatic carbocycles. The molecule has 28 heavy (non-hydrogen) atoms. The van der Waals surface area contributed by atoms with E-state index in [0.717, 1.165) is 8.95 Å². The van der Waals surface area contributed by atoms with E-state index in [2.05, 4.69) is 37.2 Å². The summed E-state index contributed by atoms with van der Waals surface area (Å²) in [5.41, 5.74) is 1.16. The minimum atomic E-state index is -0.501. The van der Waals surface area contributed by atoms with Crippen LogP contribution in [-0.2, 0) is 4.79 Å². The molecule has 5 nitrogen and oxygen atoms in total. The molecule has 0 spiro atoms. The first-order valence-electron chi connectivity index (χ1n) is 8.53. The second-order valence-corrected chi connectivity index (χ2v) is 8.13. The molecule has 0 radical (unpaired) electrons. The molecule has 1 N–H and O–H groups in total. The highest BCUT2D eigenvalue weighted by Crippen LogP contribution is 2.34. The number of nitrogens with one attached hydrogen (secondary N) is 1. The molecule has 0 saturated carbocycles. The molecule has 0 atom stereocenters. The standard InChI is InChI=1S/C21H20Br2N2O3/c1-13(2)12-28-20-14(9-16(22)10-19(20)23)8-15(11-24)21(26)25-17-4-6-18(27-3)7-5-17/h4-10,13H,12H2,1-3H3,(H,25,26)/b15-8+. The molecule has 2 aromatic carbocycles. The van der Waals surface area contributed by atoms with Gasteiger partial charge >= 0.3 is 0 Å². The van der Waals surface area contributed by atoms with Crippen molar-refractivity contribution in [3.8, 4) is 17.6 Å². The van der Waals surface area contributed by atoms with Gasteiger partial charge in [-0.3, -0.25) is 4.79 Å². The summed E-state index contributed by atoms with van der Waals surface area (Å²) < 4.78 is 12.5. The zero-order chi connectivity index (χ0) is 20.7. The Morgan fingerprint density at radius 2 is 1.93 bits per heavy atom. The average molecular weight is 508 g/mol. The molecule has 0 aliphatic heterocycles. The van der Waals surface area contributed by atoms with Gasteiger partial charge in [-0.05, 0) is 64.3 Å². The molecule has 0 aliphatic rings. The summed E-state index contributed by atoms with van der Waals surface area (Å²) in [4.78, 5) is 12.6. The fourth-order valence-corrected chi connectivity index (χ4v) is 3.64. The van der Waals surface area contributed by atoms with E-state index in [4.69, 9.17) is 9.47 Å². The van der Waals surface area contributed by atoms with E-state index < -0.39 is 5.91 Å². The van der Waals surface area contributed by atoms with Gasteiger partial charge in [0.25, 0.3) is 5.91 Å². The molecule has 0 heterocycles. The first kappa shape index (κ1) is 22.0. The minimum absolute atomic E-state index is 0.0322. The van der Waals surface area contributed by atoms with E-state index in [1.807, 2.05) is 26.0 Å². The van der Waals surface area contributed by atoms with Crippen LogP contribution in [0.1, 0.15) is 19.4 Å². The van der Waals surface area contributed by atoms with E-state index in [1.165, 1.54) is 6.08 Å². The molecule has 0 bridgehead atoms. The van der Waals surface area contributed by atoms with Crippen LogP contribution in [0.5, 0.6) is 11.5 Å². The maximum absolute atomic E-state index is 12.6. The van der Waals surface area contributed by atoms with Crippen molar-refractivity contribution in [1.29, 1.82) is 5.26 Å². The molecule has 2 rings (SSSR count). The number of benzene rings is 2. The highest BCUT2D eigenvalue weighted by Gasteiger charge is 2.14. The van der Waals surface area contributed by atoms with Gasteiger partial charge in [-0.15, -0.1) is 0 Å². The average Bonchev–Trinajstić information content (AvgIpc) is 2.65. The van der Waals surface area contributed by atoms with Crippen molar-refractivity contribution in [2.24, 2.45) is 5.92 Å². The second-order valence-electron chi connectivity index (χ2n) is 6.36. The number of ether oxygens (including phenoxy) is 2. The molecule has 0 saturated heterocycles. The predicted octanol–water partition coefficient (Wildman–Crippen LogP) is 5.80. The van der Waals surface area contributed by atoms with Crippen molar-refractivity contribution in [3.63, 3.8) is 0 Å². The summed E-state index contributed by atoms with van der Waals surface area (Å²) in [5.74, 6) is 1.10. The summed E-state index contributed by atoms with van der Waals surface area (Å²) in [6.07, 6.45) is 1.52. The van der Waals surface area contributed by atoms with Crippen molar-refractivity contribution in [2.75, 3.05) is 19.0 Å². The molecule has 0 fully saturated rings. The molecular weight excluding hydrogens is 488 g/mol. The first-order chi connectivity index (χ1) is 13.3. The summed E-state index contributed by atoms with van der Waals surface area (Å²) in [6, 6.07) is 12.5. The number of methoxy groups -OCH3 is 1. The van der Waals surface area contributed by atoms with Gasteiger partial charge in [0.05, 0.1) is 18.2 Å². The maximum atomic E-state index is 12.6. The second kappa shape index (κ2) is 10.3. The molecule has 2 aromatic rings. The van der Waals surface area contributed by atoms with Gasteiger partial charge in [0.15, 0.2) is 0 Å². The number of hydrogen-bond acceptors (Lipinski definition) is 4. The minimum Gasteiger partial charge on any atom is -0.497 e. The van der Waals surface area contributed by atoms with Crippen LogP contribution in [-0.4, -0.2) is 19.6 Å². The van der Waals surface area contributed by atoms with Crippen LogP contribution in [0.25, 0.3) is 6.08 Å². The Morgan fingerprint density at radius 1 is 1.25 bits per heavy atom. The number of halogens is 2. The summed E-state index contributed by atoms with van der Waals surface area (Å²) in [6.45, 7) is 4.61. The highest BCUT2D eigenvalue weighted by atomic mass is 79.9. The van der Waals surface area contributed by atoms with Crippen molar-refractivity contribution < 1.29 is 14.3 Å². The van der Waals surface area contributed by atoms with Gasteiger partial charge in [-0.25, -0.2) is 0 Å². The normalized spacial score (nSPS) is 11.1. The Bertz CT molecular complexity index is 916. The number of nitrogens with zero attached hydrogens (tertiary/aromatic N) is 1. The van der Waals surface area contributed by atoms with Crippen LogP contribution < -0.4 is 14.8 Å². The highest BCUT2D eigenvalue weighted by molar-refractivity contribution is 9.11. The number of carbonyl (C=O) groups is 1. The number of amides is 1. The van der Waals surface area contributed by atoms with E-state index in [9.17, 15) is 10.1 Å². The summed E-state index contributed by atoms with van der Waals surface area (Å²) in [7, 11) is 1.57. The van der Waals surface area contributed by atoms with Crippen LogP contribution in [0.15, 0.2) is 50.9 Å². The lowest BCUT2D eigenvalue weighted by molar-refractivity contribution is -0.112. The fraction of sp³-hybridized carbons (Fsp3) is 0.238. The SMILES string of the molecule is COc1ccc(NC(=O)/C(C#N)=C/c2cc(Br)cc(Br)c2OCC(C)C)cc1. The molecular formula is C21H20Br2N2O3. The van der Waals surface area contributed by atoms with E-state index in [-0.39, 0.29) is 5.57 Å². The van der Waals surface area contributed by atoms with Gasteiger partial charge in [-0.1, -0.05) is 29.8 Å². The first-order valence-corrected chi connectivity index (χ1v) is 10.1. The third-order valence-electron chi connectivity index (χ3n) is 3.61. The van der Waals surface area contributed by atoms with Gasteiger partial charge in [-0.2, -0.15) is 5.26 Å². The van der Waals surface area contributed by atoms with Crippen LogP contribution in [0.2, 0.25) is 0 Å². The van der Waals surface area contributed by atoms with Crippen molar-refractivity contribution in [3.05, 3.63) is 56.5 Å². The lowest BCUT2D eigenvalue weighted by Crippen LogP contribution is -2.13. The van der Waals surface area contributed by atoms with E-state index >= 15 is 0 Å². The van der Waals surface area contributed by atoms with E-state index in [0.29, 0.717) is 35.3 Å². The number of carbonyl (C=O) groups excluding carboxylic acids is 1. The van der Waals surface area contributed by atoms with Crippen molar-refractivity contribution in [2.45, 2.75) is 13.8 Å². The number of hydrogen-bond donors (Lipinski definition) is 1. The third-order valence-corrected chi connectivity index (χ3v) is 4.66. The van der Waals surface area contributed by atoms with Gasteiger partial charge in [0.2, 0.25) is 0 Å². The number of rotatable bonds is 7. The maximum Gasteiger partial charge on any atom is 0.266 e.